The van der Waals surface area contributed by atoms with Crippen LogP contribution in [0.1, 0.15) is 97.0 Å². The van der Waals surface area contributed by atoms with Crippen LogP contribution in [0.25, 0.3) is 11.4 Å². The van der Waals surface area contributed by atoms with Crippen LogP contribution in [0.3, 0.4) is 0 Å². The predicted octanol–water partition coefficient (Wildman–Crippen LogP) is 7.56. The van der Waals surface area contributed by atoms with Gasteiger partial charge in [0, 0.05) is 24.4 Å². The van der Waals surface area contributed by atoms with E-state index in [0.717, 1.165) is 30.7 Å². The van der Waals surface area contributed by atoms with Gasteiger partial charge >= 0.3 is 5.97 Å². The van der Waals surface area contributed by atoms with Crippen molar-refractivity contribution in [3.05, 3.63) is 42.2 Å². The Bertz CT molecular complexity index is 741. The molecule has 0 saturated heterocycles. The van der Waals surface area contributed by atoms with Crippen LogP contribution in [0.2, 0.25) is 0 Å². The molecule has 31 heavy (non-hydrogen) atoms. The summed E-state index contributed by atoms with van der Waals surface area (Å²) in [6, 6.07) is 7.46. The number of benzene rings is 1. The highest BCUT2D eigenvalue weighted by Crippen LogP contribution is 2.20. The zero-order valence-electron chi connectivity index (χ0n) is 19.7. The van der Waals surface area contributed by atoms with Crippen molar-refractivity contribution in [3.63, 3.8) is 0 Å². The van der Waals surface area contributed by atoms with Gasteiger partial charge in [0.1, 0.15) is 5.75 Å². The Kier molecular flexibility index (Phi) is 11.9. The first-order valence-electron chi connectivity index (χ1n) is 12.2. The second kappa shape index (κ2) is 14.7. The van der Waals surface area contributed by atoms with E-state index in [0.29, 0.717) is 18.0 Å². The van der Waals surface area contributed by atoms with Gasteiger partial charge in [-0.2, -0.15) is 0 Å². The SMILES string of the molecule is CCCCCCCCc1cnc(-c2ccc(OC(=O)CCCCC(C)CC)cc2)nc1. The third-order valence-corrected chi connectivity index (χ3v) is 5.89. The number of hydrogen-bond donors (Lipinski definition) is 0. The van der Waals surface area contributed by atoms with Gasteiger partial charge < -0.3 is 4.74 Å². The summed E-state index contributed by atoms with van der Waals surface area (Å²) in [7, 11) is 0. The first kappa shape index (κ1) is 25.0. The van der Waals surface area contributed by atoms with Gasteiger partial charge in [0.25, 0.3) is 0 Å². The minimum Gasteiger partial charge on any atom is -0.427 e. The Labute approximate surface area is 188 Å². The molecule has 0 aliphatic rings. The third kappa shape index (κ3) is 10.1. The Morgan fingerprint density at radius 2 is 1.58 bits per heavy atom. The number of carbonyl (C=O) groups excluding carboxylic acids is 1. The van der Waals surface area contributed by atoms with Crippen LogP contribution < -0.4 is 4.74 Å². The van der Waals surface area contributed by atoms with Crippen molar-refractivity contribution >= 4 is 5.97 Å². The van der Waals surface area contributed by atoms with Crippen LogP contribution in [0, 0.1) is 5.92 Å². The van der Waals surface area contributed by atoms with E-state index in [4.69, 9.17) is 4.74 Å². The van der Waals surface area contributed by atoms with Gasteiger partial charge in [0.05, 0.1) is 0 Å². The molecular formula is C27H40N2O2. The molecule has 0 spiro atoms. The summed E-state index contributed by atoms with van der Waals surface area (Å²) >= 11 is 0. The molecule has 0 aliphatic heterocycles. The molecule has 1 aromatic carbocycles. The highest BCUT2D eigenvalue weighted by molar-refractivity contribution is 5.72. The van der Waals surface area contributed by atoms with Crippen molar-refractivity contribution in [1.29, 1.82) is 0 Å². The molecule has 4 nitrogen and oxygen atoms in total. The normalized spacial score (nSPS) is 12.0. The van der Waals surface area contributed by atoms with Gasteiger partial charge in [-0.25, -0.2) is 9.97 Å². The van der Waals surface area contributed by atoms with Crippen molar-refractivity contribution in [3.8, 4) is 17.1 Å². The van der Waals surface area contributed by atoms with Crippen molar-refractivity contribution in [2.45, 2.75) is 97.8 Å². The molecular weight excluding hydrogens is 384 g/mol. The van der Waals surface area contributed by atoms with E-state index in [1.807, 2.05) is 36.7 Å². The minimum absolute atomic E-state index is 0.160. The van der Waals surface area contributed by atoms with Gasteiger partial charge in [-0.15, -0.1) is 0 Å². The van der Waals surface area contributed by atoms with E-state index < -0.39 is 0 Å². The fraction of sp³-hybridized carbons (Fsp3) is 0.593. The first-order chi connectivity index (χ1) is 15.1. The van der Waals surface area contributed by atoms with Gasteiger partial charge in [0.2, 0.25) is 0 Å². The quantitative estimate of drug-likeness (QED) is 0.168. The number of nitrogens with zero attached hydrogens (tertiary/aromatic N) is 2. The lowest BCUT2D eigenvalue weighted by atomic mass is 10.0. The molecule has 0 radical (unpaired) electrons. The van der Waals surface area contributed by atoms with Crippen LogP contribution in [0.4, 0.5) is 0 Å². The maximum Gasteiger partial charge on any atom is 0.311 e. The topological polar surface area (TPSA) is 52.1 Å². The second-order valence-corrected chi connectivity index (χ2v) is 8.69. The Morgan fingerprint density at radius 1 is 0.903 bits per heavy atom. The summed E-state index contributed by atoms with van der Waals surface area (Å²) in [6.45, 7) is 6.71. The average molecular weight is 425 g/mol. The summed E-state index contributed by atoms with van der Waals surface area (Å²) < 4.78 is 5.46. The third-order valence-electron chi connectivity index (χ3n) is 5.89. The number of aryl methyl sites for hydroxylation is 1. The number of unbranched alkanes of at least 4 members (excludes halogenated alkanes) is 6. The van der Waals surface area contributed by atoms with E-state index in [2.05, 4.69) is 30.7 Å². The molecule has 1 aromatic heterocycles. The molecule has 0 amide bonds. The van der Waals surface area contributed by atoms with Crippen molar-refractivity contribution in [2.75, 3.05) is 0 Å². The molecule has 0 fully saturated rings. The molecule has 1 unspecified atom stereocenters. The number of aromatic nitrogens is 2. The molecule has 4 heteroatoms. The molecule has 0 aliphatic carbocycles. The smallest absolute Gasteiger partial charge is 0.311 e. The molecule has 170 valence electrons. The molecule has 1 atom stereocenters. The van der Waals surface area contributed by atoms with Crippen molar-refractivity contribution < 1.29 is 9.53 Å². The van der Waals surface area contributed by atoms with Crippen molar-refractivity contribution in [2.24, 2.45) is 5.92 Å². The zero-order chi connectivity index (χ0) is 22.3. The summed E-state index contributed by atoms with van der Waals surface area (Å²) in [6.07, 6.45) is 17.5. The summed E-state index contributed by atoms with van der Waals surface area (Å²) in [4.78, 5) is 21.1. The number of esters is 1. The molecule has 2 rings (SSSR count). The van der Waals surface area contributed by atoms with E-state index >= 15 is 0 Å². The van der Waals surface area contributed by atoms with Crippen LogP contribution in [-0.2, 0) is 11.2 Å². The number of rotatable bonds is 15. The standard InChI is InChI=1S/C27H40N2O2/c1-4-6-7-8-9-10-14-23-20-28-27(29-21-23)24-16-18-25(19-17-24)31-26(30)15-12-11-13-22(3)5-2/h16-22H,4-15H2,1-3H3. The number of hydrogen-bond acceptors (Lipinski definition) is 4. The monoisotopic (exact) mass is 424 g/mol. The van der Waals surface area contributed by atoms with Crippen LogP contribution in [0.5, 0.6) is 5.75 Å². The van der Waals surface area contributed by atoms with Gasteiger partial charge in [-0.3, -0.25) is 4.79 Å². The number of carbonyl (C=O) groups is 1. The Morgan fingerprint density at radius 3 is 2.26 bits per heavy atom. The van der Waals surface area contributed by atoms with E-state index in [1.165, 1.54) is 56.9 Å². The average Bonchev–Trinajstić information content (AvgIpc) is 2.80. The van der Waals surface area contributed by atoms with Gasteiger partial charge in [-0.1, -0.05) is 72.1 Å². The molecule has 0 bridgehead atoms. The lowest BCUT2D eigenvalue weighted by Crippen LogP contribution is -2.07. The fourth-order valence-corrected chi connectivity index (χ4v) is 3.56. The van der Waals surface area contributed by atoms with Gasteiger partial charge in [0.15, 0.2) is 5.82 Å². The van der Waals surface area contributed by atoms with Gasteiger partial charge in [-0.05, 0) is 55.0 Å². The Balaban J connectivity index is 1.73. The highest BCUT2D eigenvalue weighted by Gasteiger charge is 2.07. The maximum atomic E-state index is 12.0. The van der Waals surface area contributed by atoms with Crippen LogP contribution in [0.15, 0.2) is 36.7 Å². The Hall–Kier alpha value is -2.23. The molecule has 2 aromatic rings. The summed E-state index contributed by atoms with van der Waals surface area (Å²) in [5.41, 5.74) is 2.12. The lowest BCUT2D eigenvalue weighted by molar-refractivity contribution is -0.134. The molecule has 1 heterocycles. The number of ether oxygens (including phenoxy) is 1. The maximum absolute atomic E-state index is 12.0. The van der Waals surface area contributed by atoms with Crippen LogP contribution in [-0.4, -0.2) is 15.9 Å². The first-order valence-corrected chi connectivity index (χ1v) is 12.2. The molecule has 0 saturated carbocycles. The van der Waals surface area contributed by atoms with Crippen molar-refractivity contribution in [1.82, 2.24) is 9.97 Å². The summed E-state index contributed by atoms with van der Waals surface area (Å²) in [5.74, 6) is 1.85. The summed E-state index contributed by atoms with van der Waals surface area (Å²) in [5, 5.41) is 0. The van der Waals surface area contributed by atoms with E-state index in [1.54, 1.807) is 0 Å². The predicted molar refractivity (Wildman–Crippen MR) is 128 cm³/mol. The van der Waals surface area contributed by atoms with E-state index in [9.17, 15) is 4.79 Å². The highest BCUT2D eigenvalue weighted by atomic mass is 16.5. The van der Waals surface area contributed by atoms with E-state index in [-0.39, 0.29) is 5.97 Å². The lowest BCUT2D eigenvalue weighted by Gasteiger charge is -2.08. The molecule has 0 N–H and O–H groups in total. The van der Waals surface area contributed by atoms with Crippen LogP contribution >= 0.6 is 0 Å². The largest absolute Gasteiger partial charge is 0.427 e. The second-order valence-electron chi connectivity index (χ2n) is 8.69. The minimum atomic E-state index is -0.160. The zero-order valence-corrected chi connectivity index (χ0v) is 19.7. The fourth-order valence-electron chi connectivity index (χ4n) is 3.56.